The van der Waals surface area contributed by atoms with Crippen LogP contribution in [0.25, 0.3) is 5.69 Å². The van der Waals surface area contributed by atoms with Crippen molar-refractivity contribution in [3.63, 3.8) is 0 Å². The van der Waals surface area contributed by atoms with Gasteiger partial charge in [0.1, 0.15) is 0 Å². The first-order valence-electron chi connectivity index (χ1n) is 9.21. The standard InChI is InChI=1S/C22H21N3O5/c1-14(26)17-11-7-8-12-18(17)23-21(27)15(2)30-22(28)20-19(29-3)13-25(24-20)16-9-5-4-6-10-16/h4-13,15H,1-3H3,(H,23,27)/t15-/m0/s1. The molecule has 0 saturated carbocycles. The number of anilines is 1. The molecule has 1 aromatic heterocycles. The molecule has 1 atom stereocenters. The maximum atomic E-state index is 12.6. The Balaban J connectivity index is 1.73. The molecule has 1 amide bonds. The molecule has 1 N–H and O–H groups in total. The molecule has 0 saturated heterocycles. The van der Waals surface area contributed by atoms with Crippen LogP contribution in [-0.2, 0) is 9.53 Å². The van der Waals surface area contributed by atoms with Gasteiger partial charge in [-0.25, -0.2) is 9.48 Å². The monoisotopic (exact) mass is 407 g/mol. The highest BCUT2D eigenvalue weighted by atomic mass is 16.6. The number of para-hydroxylation sites is 2. The Hall–Kier alpha value is -3.94. The summed E-state index contributed by atoms with van der Waals surface area (Å²) >= 11 is 0. The number of carbonyl (C=O) groups excluding carboxylic acids is 3. The summed E-state index contributed by atoms with van der Waals surface area (Å²) < 4.78 is 12.0. The summed E-state index contributed by atoms with van der Waals surface area (Å²) in [6, 6.07) is 15.8. The Morgan fingerprint density at radius 3 is 2.37 bits per heavy atom. The minimum absolute atomic E-state index is 0.0508. The van der Waals surface area contributed by atoms with Gasteiger partial charge in [0.2, 0.25) is 5.69 Å². The number of benzene rings is 2. The van der Waals surface area contributed by atoms with Crippen molar-refractivity contribution in [3.8, 4) is 11.4 Å². The maximum absolute atomic E-state index is 12.6. The van der Waals surface area contributed by atoms with Gasteiger partial charge in [-0.2, -0.15) is 5.10 Å². The fourth-order valence-electron chi connectivity index (χ4n) is 2.77. The van der Waals surface area contributed by atoms with Crippen LogP contribution in [0.5, 0.6) is 5.75 Å². The molecule has 0 radical (unpaired) electrons. The number of ether oxygens (including phenoxy) is 2. The number of ketones is 1. The van der Waals surface area contributed by atoms with Crippen LogP contribution in [-0.4, -0.2) is 40.7 Å². The Morgan fingerprint density at radius 1 is 1.03 bits per heavy atom. The van der Waals surface area contributed by atoms with Gasteiger partial charge in [0.15, 0.2) is 17.6 Å². The summed E-state index contributed by atoms with van der Waals surface area (Å²) in [5.41, 5.74) is 1.41. The fraction of sp³-hybridized carbons (Fsp3) is 0.182. The van der Waals surface area contributed by atoms with E-state index in [1.165, 1.54) is 25.6 Å². The predicted octanol–water partition coefficient (Wildman–Crippen LogP) is 3.27. The summed E-state index contributed by atoms with van der Waals surface area (Å²) in [5.74, 6) is -1.34. The van der Waals surface area contributed by atoms with Gasteiger partial charge >= 0.3 is 5.97 Å². The Bertz CT molecular complexity index is 1080. The highest BCUT2D eigenvalue weighted by Crippen LogP contribution is 2.21. The zero-order chi connectivity index (χ0) is 21.7. The average molecular weight is 407 g/mol. The van der Waals surface area contributed by atoms with Crippen LogP contribution in [0.4, 0.5) is 5.69 Å². The van der Waals surface area contributed by atoms with E-state index in [0.29, 0.717) is 11.3 Å². The minimum Gasteiger partial charge on any atom is -0.493 e. The summed E-state index contributed by atoms with van der Waals surface area (Å²) in [7, 11) is 1.41. The molecule has 3 aromatic rings. The SMILES string of the molecule is COc1cn(-c2ccccc2)nc1C(=O)O[C@@H](C)C(=O)Nc1ccccc1C(C)=O. The second kappa shape index (κ2) is 9.04. The van der Waals surface area contributed by atoms with Gasteiger partial charge in [0.25, 0.3) is 5.91 Å². The lowest BCUT2D eigenvalue weighted by Crippen LogP contribution is -2.30. The molecular formula is C22H21N3O5. The van der Waals surface area contributed by atoms with Crippen molar-refractivity contribution in [1.82, 2.24) is 9.78 Å². The number of Topliss-reactive ketones (excluding diaryl/α,β-unsaturated/α-hetero) is 1. The second-order valence-electron chi connectivity index (χ2n) is 6.46. The van der Waals surface area contributed by atoms with Crippen molar-refractivity contribution in [2.45, 2.75) is 20.0 Å². The lowest BCUT2D eigenvalue weighted by molar-refractivity contribution is -0.123. The van der Waals surface area contributed by atoms with Crippen molar-refractivity contribution >= 4 is 23.3 Å². The third-order valence-electron chi connectivity index (χ3n) is 4.33. The molecule has 1 heterocycles. The number of carbonyl (C=O) groups is 3. The quantitative estimate of drug-likeness (QED) is 0.477. The number of methoxy groups -OCH3 is 1. The Labute approximate surface area is 173 Å². The third kappa shape index (κ3) is 4.54. The van der Waals surface area contributed by atoms with Crippen molar-refractivity contribution in [2.24, 2.45) is 0 Å². The molecule has 30 heavy (non-hydrogen) atoms. The number of nitrogens with one attached hydrogen (secondary N) is 1. The summed E-state index contributed by atoms with van der Waals surface area (Å²) in [4.78, 5) is 36.8. The normalized spacial score (nSPS) is 11.4. The van der Waals surface area contributed by atoms with Gasteiger partial charge < -0.3 is 14.8 Å². The highest BCUT2D eigenvalue weighted by Gasteiger charge is 2.25. The second-order valence-corrected chi connectivity index (χ2v) is 6.46. The van der Waals surface area contributed by atoms with E-state index in [4.69, 9.17) is 9.47 Å². The van der Waals surface area contributed by atoms with Gasteiger partial charge in [-0.3, -0.25) is 9.59 Å². The summed E-state index contributed by atoms with van der Waals surface area (Å²) in [5, 5.41) is 6.84. The van der Waals surface area contributed by atoms with Crippen LogP contribution in [0.3, 0.4) is 0 Å². The van der Waals surface area contributed by atoms with E-state index < -0.39 is 18.0 Å². The largest absolute Gasteiger partial charge is 0.493 e. The van der Waals surface area contributed by atoms with Crippen LogP contribution >= 0.6 is 0 Å². The average Bonchev–Trinajstić information content (AvgIpc) is 3.19. The predicted molar refractivity (Wildman–Crippen MR) is 110 cm³/mol. The van der Waals surface area contributed by atoms with Gasteiger partial charge in [0.05, 0.1) is 24.7 Å². The van der Waals surface area contributed by atoms with Gasteiger partial charge in [-0.15, -0.1) is 0 Å². The first-order chi connectivity index (χ1) is 14.4. The minimum atomic E-state index is -1.12. The number of nitrogens with zero attached hydrogens (tertiary/aromatic N) is 2. The molecule has 2 aromatic carbocycles. The number of aromatic nitrogens is 2. The van der Waals surface area contributed by atoms with Gasteiger partial charge in [0, 0.05) is 5.56 Å². The smallest absolute Gasteiger partial charge is 0.363 e. The van der Waals surface area contributed by atoms with Crippen LogP contribution < -0.4 is 10.1 Å². The summed E-state index contributed by atoms with van der Waals surface area (Å²) in [6.07, 6.45) is 0.434. The van der Waals surface area contributed by atoms with E-state index in [0.717, 1.165) is 5.69 Å². The van der Waals surface area contributed by atoms with E-state index in [1.807, 2.05) is 30.3 Å². The number of hydrogen-bond acceptors (Lipinski definition) is 6. The molecule has 0 unspecified atom stereocenters. The van der Waals surface area contributed by atoms with E-state index >= 15 is 0 Å². The maximum Gasteiger partial charge on any atom is 0.363 e. The highest BCUT2D eigenvalue weighted by molar-refractivity contribution is 6.05. The summed E-state index contributed by atoms with van der Waals surface area (Å²) in [6.45, 7) is 2.84. The molecule has 8 nitrogen and oxygen atoms in total. The molecule has 3 rings (SSSR count). The van der Waals surface area contributed by atoms with Crippen molar-refractivity contribution < 1.29 is 23.9 Å². The number of esters is 1. The van der Waals surface area contributed by atoms with Crippen molar-refractivity contribution in [3.05, 3.63) is 72.1 Å². The van der Waals surface area contributed by atoms with Crippen LogP contribution in [0.15, 0.2) is 60.8 Å². The number of amides is 1. The topological polar surface area (TPSA) is 99.5 Å². The molecule has 0 aliphatic rings. The number of hydrogen-bond donors (Lipinski definition) is 1. The molecule has 0 bridgehead atoms. The molecule has 0 fully saturated rings. The molecular weight excluding hydrogens is 386 g/mol. The van der Waals surface area contributed by atoms with Gasteiger partial charge in [-0.1, -0.05) is 30.3 Å². The lowest BCUT2D eigenvalue weighted by Gasteiger charge is -2.14. The van der Waals surface area contributed by atoms with Crippen molar-refractivity contribution in [1.29, 1.82) is 0 Å². The van der Waals surface area contributed by atoms with E-state index in [2.05, 4.69) is 10.4 Å². The molecule has 0 spiro atoms. The third-order valence-corrected chi connectivity index (χ3v) is 4.33. The Kier molecular flexibility index (Phi) is 6.26. The molecule has 8 heteroatoms. The van der Waals surface area contributed by atoms with Crippen molar-refractivity contribution in [2.75, 3.05) is 12.4 Å². The van der Waals surface area contributed by atoms with Crippen LogP contribution in [0, 0.1) is 0 Å². The Morgan fingerprint density at radius 2 is 1.70 bits per heavy atom. The first kappa shape index (κ1) is 20.8. The fourth-order valence-corrected chi connectivity index (χ4v) is 2.77. The van der Waals surface area contributed by atoms with Crippen LogP contribution in [0.1, 0.15) is 34.7 Å². The van der Waals surface area contributed by atoms with E-state index in [-0.39, 0.29) is 17.2 Å². The van der Waals surface area contributed by atoms with E-state index in [1.54, 1.807) is 30.5 Å². The van der Waals surface area contributed by atoms with E-state index in [9.17, 15) is 14.4 Å². The zero-order valence-corrected chi connectivity index (χ0v) is 16.8. The lowest BCUT2D eigenvalue weighted by atomic mass is 10.1. The van der Waals surface area contributed by atoms with Crippen LogP contribution in [0.2, 0.25) is 0 Å². The number of rotatable bonds is 7. The zero-order valence-electron chi connectivity index (χ0n) is 16.8. The first-order valence-corrected chi connectivity index (χ1v) is 9.21. The van der Waals surface area contributed by atoms with Gasteiger partial charge in [-0.05, 0) is 38.1 Å². The molecule has 0 aliphatic carbocycles. The molecule has 154 valence electrons. The molecule has 0 aliphatic heterocycles.